The molecule has 0 aliphatic heterocycles. The quantitative estimate of drug-likeness (QED) is 0.885. The number of carbonyl (C=O) groups excluding carboxylic acids is 2. The van der Waals surface area contributed by atoms with Crippen LogP contribution in [0.25, 0.3) is 0 Å². The summed E-state index contributed by atoms with van der Waals surface area (Å²) in [4.78, 5) is 32.5. The molecule has 0 amide bonds. The Bertz CT molecular complexity index is 867. The third kappa shape index (κ3) is 2.61. The average molecular weight is 378 g/mol. The maximum absolute atomic E-state index is 13.4. The van der Waals surface area contributed by atoms with E-state index in [1.165, 1.54) is 37.7 Å². The molecule has 0 bridgehead atoms. The Kier molecular flexibility index (Phi) is 3.91. The molecular weight excluding hydrogens is 369 g/mol. The molecule has 1 N–H and O–H groups in total. The highest BCUT2D eigenvalue weighted by atomic mass is 79.9. The number of nitrogens with one attached hydrogen (secondary N) is 1. The minimum absolute atomic E-state index is 0.00777. The van der Waals surface area contributed by atoms with Crippen LogP contribution >= 0.6 is 15.9 Å². The van der Waals surface area contributed by atoms with E-state index in [2.05, 4.69) is 31.2 Å². The summed E-state index contributed by atoms with van der Waals surface area (Å²) in [5, 5.41) is 2.80. The number of fused-ring (bicyclic) bond motifs is 1. The number of benzene rings is 1. The highest BCUT2D eigenvalue weighted by Gasteiger charge is 2.33. The van der Waals surface area contributed by atoms with Crippen LogP contribution in [0.5, 0.6) is 5.75 Å². The number of methoxy groups -OCH3 is 1. The molecule has 23 heavy (non-hydrogen) atoms. The first-order valence-corrected chi connectivity index (χ1v) is 7.23. The van der Waals surface area contributed by atoms with Gasteiger partial charge in [0, 0.05) is 24.1 Å². The minimum Gasteiger partial charge on any atom is -0.494 e. The Hall–Kier alpha value is -2.61. The van der Waals surface area contributed by atoms with Crippen LogP contribution in [0.3, 0.4) is 0 Å². The zero-order valence-electron chi connectivity index (χ0n) is 11.8. The first-order chi connectivity index (χ1) is 11.0. The molecule has 1 aliphatic rings. The van der Waals surface area contributed by atoms with Gasteiger partial charge in [0.25, 0.3) is 0 Å². The van der Waals surface area contributed by atoms with Crippen LogP contribution < -0.4 is 10.1 Å². The molecular formula is C15H9BrFN3O3. The van der Waals surface area contributed by atoms with Gasteiger partial charge in [-0.25, -0.2) is 14.4 Å². The molecule has 0 saturated carbocycles. The molecule has 0 radical (unpaired) electrons. The van der Waals surface area contributed by atoms with Gasteiger partial charge in [-0.05, 0) is 28.1 Å². The fourth-order valence-electron chi connectivity index (χ4n) is 2.10. The molecule has 1 aromatic heterocycles. The van der Waals surface area contributed by atoms with Gasteiger partial charge in [-0.3, -0.25) is 9.59 Å². The van der Waals surface area contributed by atoms with E-state index in [0.29, 0.717) is 5.69 Å². The predicted molar refractivity (Wildman–Crippen MR) is 83.2 cm³/mol. The molecule has 1 aliphatic carbocycles. The standard InChI is InChI=1S/C15H9BrFN3O3/c1-23-9-6-7(2-3-8(9)17)20-11-10(16)14(21)12-13(15(11)22)19-5-4-18-12/h2-6,20H,1H3. The fourth-order valence-corrected chi connectivity index (χ4v) is 2.57. The molecule has 1 aromatic carbocycles. The first-order valence-electron chi connectivity index (χ1n) is 6.43. The smallest absolute Gasteiger partial charge is 0.231 e. The molecule has 3 rings (SSSR count). The highest BCUT2D eigenvalue weighted by molar-refractivity contribution is 9.12. The summed E-state index contributed by atoms with van der Waals surface area (Å²) < 4.78 is 18.4. The Morgan fingerprint density at radius 1 is 1.13 bits per heavy atom. The number of aromatic nitrogens is 2. The van der Waals surface area contributed by atoms with Crippen molar-refractivity contribution in [1.29, 1.82) is 0 Å². The molecule has 0 saturated heterocycles. The fraction of sp³-hybridized carbons (Fsp3) is 0.0667. The SMILES string of the molecule is COc1cc(NC2=C(Br)C(=O)c3nccnc3C2=O)ccc1F. The van der Waals surface area contributed by atoms with Gasteiger partial charge in [-0.15, -0.1) is 0 Å². The maximum atomic E-state index is 13.4. The molecule has 0 spiro atoms. The largest absolute Gasteiger partial charge is 0.494 e. The number of Topliss-reactive ketones (excluding diaryl/α,β-unsaturated/α-hetero) is 2. The van der Waals surface area contributed by atoms with Crippen LogP contribution in [0.2, 0.25) is 0 Å². The molecule has 0 atom stereocenters. The summed E-state index contributed by atoms with van der Waals surface area (Å²) in [5.74, 6) is -1.46. The van der Waals surface area contributed by atoms with Crippen molar-refractivity contribution < 1.29 is 18.7 Å². The lowest BCUT2D eigenvalue weighted by Crippen LogP contribution is -2.26. The molecule has 8 heteroatoms. The molecule has 0 fully saturated rings. The zero-order valence-corrected chi connectivity index (χ0v) is 13.3. The van der Waals surface area contributed by atoms with Crippen LogP contribution in [0, 0.1) is 5.82 Å². The van der Waals surface area contributed by atoms with Gasteiger partial charge in [-0.1, -0.05) is 0 Å². The summed E-state index contributed by atoms with van der Waals surface area (Å²) in [7, 11) is 1.33. The van der Waals surface area contributed by atoms with Crippen molar-refractivity contribution in [3.05, 3.63) is 58.0 Å². The summed E-state index contributed by atoms with van der Waals surface area (Å²) in [6, 6.07) is 4.00. The van der Waals surface area contributed by atoms with E-state index in [1.807, 2.05) is 0 Å². The minimum atomic E-state index is -0.534. The van der Waals surface area contributed by atoms with Gasteiger partial charge in [0.1, 0.15) is 17.1 Å². The third-order valence-electron chi connectivity index (χ3n) is 3.19. The van der Waals surface area contributed by atoms with E-state index in [-0.39, 0.29) is 27.3 Å². The third-order valence-corrected chi connectivity index (χ3v) is 3.95. The van der Waals surface area contributed by atoms with Crippen molar-refractivity contribution >= 4 is 33.2 Å². The van der Waals surface area contributed by atoms with Crippen LogP contribution in [-0.2, 0) is 0 Å². The zero-order chi connectivity index (χ0) is 16.6. The lowest BCUT2D eigenvalue weighted by molar-refractivity contribution is 0.0975. The number of nitrogens with zero attached hydrogens (tertiary/aromatic N) is 2. The van der Waals surface area contributed by atoms with E-state index < -0.39 is 17.4 Å². The van der Waals surface area contributed by atoms with Gasteiger partial charge >= 0.3 is 0 Å². The van der Waals surface area contributed by atoms with Crippen molar-refractivity contribution in [3.8, 4) is 5.75 Å². The Balaban J connectivity index is 2.02. The van der Waals surface area contributed by atoms with Crippen molar-refractivity contribution in [1.82, 2.24) is 9.97 Å². The van der Waals surface area contributed by atoms with Crippen LogP contribution in [-0.4, -0.2) is 28.6 Å². The second-order valence-corrected chi connectivity index (χ2v) is 5.37. The lowest BCUT2D eigenvalue weighted by atomic mass is 10.0. The Labute approximate surface area is 138 Å². The number of rotatable bonds is 3. The van der Waals surface area contributed by atoms with Gasteiger partial charge < -0.3 is 10.1 Å². The summed E-state index contributed by atoms with van der Waals surface area (Å²) in [6.45, 7) is 0. The summed E-state index contributed by atoms with van der Waals surface area (Å²) in [5.41, 5.74) is 0.365. The Morgan fingerprint density at radius 2 is 1.78 bits per heavy atom. The van der Waals surface area contributed by atoms with Crippen molar-refractivity contribution in [2.75, 3.05) is 12.4 Å². The van der Waals surface area contributed by atoms with Gasteiger partial charge in [0.05, 0.1) is 11.6 Å². The van der Waals surface area contributed by atoms with E-state index in [0.717, 1.165) is 0 Å². The van der Waals surface area contributed by atoms with E-state index in [1.54, 1.807) is 0 Å². The molecule has 6 nitrogen and oxygen atoms in total. The summed E-state index contributed by atoms with van der Waals surface area (Å²) in [6.07, 6.45) is 2.68. The number of anilines is 1. The van der Waals surface area contributed by atoms with Crippen LogP contribution in [0.1, 0.15) is 21.0 Å². The van der Waals surface area contributed by atoms with Crippen molar-refractivity contribution in [2.45, 2.75) is 0 Å². The van der Waals surface area contributed by atoms with Crippen LogP contribution in [0.15, 0.2) is 40.8 Å². The monoisotopic (exact) mass is 377 g/mol. The number of hydrogen-bond acceptors (Lipinski definition) is 6. The van der Waals surface area contributed by atoms with Gasteiger partial charge in [0.15, 0.2) is 11.6 Å². The Morgan fingerprint density at radius 3 is 2.43 bits per heavy atom. The van der Waals surface area contributed by atoms with E-state index in [9.17, 15) is 14.0 Å². The van der Waals surface area contributed by atoms with Crippen LogP contribution in [0.4, 0.5) is 10.1 Å². The normalized spacial score (nSPS) is 13.9. The highest BCUT2D eigenvalue weighted by Crippen LogP contribution is 2.29. The first kappa shape index (κ1) is 15.3. The maximum Gasteiger partial charge on any atom is 0.231 e. The van der Waals surface area contributed by atoms with E-state index >= 15 is 0 Å². The molecule has 116 valence electrons. The second kappa shape index (κ2) is 5.88. The molecule has 2 aromatic rings. The number of hydrogen-bond donors (Lipinski definition) is 1. The topological polar surface area (TPSA) is 81.2 Å². The summed E-state index contributed by atoms with van der Waals surface area (Å²) >= 11 is 3.11. The molecule has 1 heterocycles. The second-order valence-electron chi connectivity index (χ2n) is 4.58. The van der Waals surface area contributed by atoms with Gasteiger partial charge in [-0.2, -0.15) is 0 Å². The van der Waals surface area contributed by atoms with Crippen molar-refractivity contribution in [2.24, 2.45) is 0 Å². The van der Waals surface area contributed by atoms with Crippen molar-refractivity contribution in [3.63, 3.8) is 0 Å². The predicted octanol–water partition coefficient (Wildman–Crippen LogP) is 2.72. The number of allylic oxidation sites excluding steroid dienone is 2. The number of halogens is 2. The molecule has 0 unspecified atom stereocenters. The van der Waals surface area contributed by atoms with E-state index in [4.69, 9.17) is 4.74 Å². The number of ether oxygens (including phenoxy) is 1. The number of ketones is 2. The number of carbonyl (C=O) groups is 2. The van der Waals surface area contributed by atoms with Gasteiger partial charge in [0.2, 0.25) is 11.6 Å². The lowest BCUT2D eigenvalue weighted by Gasteiger charge is -2.18. The average Bonchev–Trinajstić information content (AvgIpc) is 2.58.